The number of carbonyl (C=O) groups excluding carboxylic acids is 1. The van der Waals surface area contributed by atoms with Crippen LogP contribution in [0.5, 0.6) is 0 Å². The maximum atomic E-state index is 12.8. The molecular weight excluding hydrogens is 410 g/mol. The number of ether oxygens (including phenoxy) is 1. The fraction of sp³-hybridized carbons (Fsp3) is 0.267. The lowest BCUT2D eigenvalue weighted by molar-refractivity contribution is -0.388. The number of esters is 1. The Morgan fingerprint density at radius 3 is 2.61 bits per heavy atom. The van der Waals surface area contributed by atoms with E-state index < -0.39 is 31.5 Å². The van der Waals surface area contributed by atoms with Crippen LogP contribution in [-0.2, 0) is 21.8 Å². The largest absolute Gasteiger partial charge is 0.465 e. The van der Waals surface area contributed by atoms with Gasteiger partial charge in [-0.15, -0.1) is 4.40 Å². The highest BCUT2D eigenvalue weighted by atomic mass is 32.2. The van der Waals surface area contributed by atoms with Gasteiger partial charge in [0, 0.05) is 39.6 Å². The van der Waals surface area contributed by atoms with Crippen LogP contribution in [0.1, 0.15) is 10.4 Å². The van der Waals surface area contributed by atoms with Crippen molar-refractivity contribution in [3.63, 3.8) is 0 Å². The number of benzene rings is 1. The molecule has 0 atom stereocenters. The fourth-order valence-corrected chi connectivity index (χ4v) is 4.39. The summed E-state index contributed by atoms with van der Waals surface area (Å²) in [4.78, 5) is 27.5. The zero-order chi connectivity index (χ0) is 21.1. The zero-order valence-corrected chi connectivity index (χ0v) is 17.0. The number of imidazole rings is 1. The standard InChI is InChI=1S/C15H17N5O6S2/c1-18(2)9-17-28(24,25)12-8-10(14(21)26-4)7-11(20(22)23)13(12)27-15-16-5-6-19(15)3/h5-9H,1-4H3/b17-9+. The molecule has 13 heteroatoms. The number of nitrogens with zero attached hydrogens (tertiary/aromatic N) is 5. The Kier molecular flexibility index (Phi) is 6.41. The quantitative estimate of drug-likeness (QED) is 0.212. The molecule has 2 rings (SSSR count). The first kappa shape index (κ1) is 21.4. The van der Waals surface area contributed by atoms with E-state index in [1.165, 1.54) is 11.1 Å². The van der Waals surface area contributed by atoms with Crippen LogP contribution in [0.4, 0.5) is 5.69 Å². The second-order valence-corrected chi connectivity index (χ2v) is 8.23. The average molecular weight is 427 g/mol. The predicted octanol–water partition coefficient (Wildman–Crippen LogP) is 1.54. The summed E-state index contributed by atoms with van der Waals surface area (Å²) in [5, 5.41) is 11.9. The summed E-state index contributed by atoms with van der Waals surface area (Å²) in [6.45, 7) is 0. The number of aryl methyl sites for hydroxylation is 1. The van der Waals surface area contributed by atoms with E-state index >= 15 is 0 Å². The number of aromatic nitrogens is 2. The summed E-state index contributed by atoms with van der Waals surface area (Å²) >= 11 is 0.783. The van der Waals surface area contributed by atoms with E-state index in [0.717, 1.165) is 37.3 Å². The second-order valence-electron chi connectivity index (χ2n) is 5.65. The Bertz CT molecular complexity index is 1050. The summed E-state index contributed by atoms with van der Waals surface area (Å²) in [7, 11) is 1.51. The fourth-order valence-electron chi connectivity index (χ4n) is 2.01. The van der Waals surface area contributed by atoms with Crippen LogP contribution in [0.15, 0.2) is 43.9 Å². The van der Waals surface area contributed by atoms with E-state index in [2.05, 4.69) is 14.1 Å². The molecule has 2 aromatic rings. The van der Waals surface area contributed by atoms with Crippen molar-refractivity contribution < 1.29 is 22.9 Å². The van der Waals surface area contributed by atoms with Crippen molar-refractivity contribution in [2.24, 2.45) is 11.4 Å². The molecule has 0 spiro atoms. The van der Waals surface area contributed by atoms with Crippen molar-refractivity contribution in [1.82, 2.24) is 14.5 Å². The van der Waals surface area contributed by atoms with Crippen molar-refractivity contribution >= 4 is 39.8 Å². The van der Waals surface area contributed by atoms with Crippen LogP contribution in [0.25, 0.3) is 0 Å². The third-order valence-electron chi connectivity index (χ3n) is 3.32. The van der Waals surface area contributed by atoms with Crippen LogP contribution in [0.3, 0.4) is 0 Å². The number of sulfonamides is 1. The maximum Gasteiger partial charge on any atom is 0.338 e. The molecular formula is C15H17N5O6S2. The summed E-state index contributed by atoms with van der Waals surface area (Å²) in [6, 6.07) is 1.97. The third kappa shape index (κ3) is 4.67. The molecule has 0 N–H and O–H groups in total. The van der Waals surface area contributed by atoms with Crippen LogP contribution in [0.2, 0.25) is 0 Å². The van der Waals surface area contributed by atoms with Crippen molar-refractivity contribution in [3.8, 4) is 0 Å². The SMILES string of the molecule is COC(=O)c1cc([N+](=O)[O-])c(Sc2nccn2C)c(S(=O)(=O)/N=C/N(C)C)c1. The highest BCUT2D eigenvalue weighted by Crippen LogP contribution is 2.40. The summed E-state index contributed by atoms with van der Waals surface area (Å²) in [6.07, 6.45) is 4.12. The summed E-state index contributed by atoms with van der Waals surface area (Å²) < 4.78 is 35.2. The van der Waals surface area contributed by atoms with Gasteiger partial charge in [0.05, 0.1) is 17.6 Å². The number of methoxy groups -OCH3 is 1. The summed E-state index contributed by atoms with van der Waals surface area (Å²) in [5.41, 5.74) is -0.855. The predicted molar refractivity (Wildman–Crippen MR) is 101 cm³/mol. The molecule has 1 aromatic carbocycles. The van der Waals surface area contributed by atoms with Gasteiger partial charge in [-0.3, -0.25) is 10.1 Å². The minimum atomic E-state index is -4.36. The second kappa shape index (κ2) is 8.39. The highest BCUT2D eigenvalue weighted by molar-refractivity contribution is 8.00. The molecule has 1 aromatic heterocycles. The smallest absolute Gasteiger partial charge is 0.338 e. The van der Waals surface area contributed by atoms with Gasteiger partial charge in [-0.05, 0) is 17.8 Å². The molecule has 0 aliphatic heterocycles. The van der Waals surface area contributed by atoms with Crippen molar-refractivity contribution in [1.29, 1.82) is 0 Å². The lowest BCUT2D eigenvalue weighted by Gasteiger charge is -2.11. The molecule has 150 valence electrons. The van der Waals surface area contributed by atoms with Gasteiger partial charge in [0.15, 0.2) is 5.16 Å². The zero-order valence-electron chi connectivity index (χ0n) is 15.4. The van der Waals surface area contributed by atoms with E-state index in [9.17, 15) is 23.3 Å². The molecule has 28 heavy (non-hydrogen) atoms. The van der Waals surface area contributed by atoms with Crippen LogP contribution in [-0.4, -0.2) is 61.3 Å². The van der Waals surface area contributed by atoms with Crippen molar-refractivity contribution in [3.05, 3.63) is 40.2 Å². The first-order chi connectivity index (χ1) is 13.1. The van der Waals surface area contributed by atoms with Crippen LogP contribution < -0.4 is 0 Å². The minimum absolute atomic E-state index is 0.206. The van der Waals surface area contributed by atoms with E-state index in [1.807, 2.05) is 0 Å². The van der Waals surface area contributed by atoms with E-state index in [4.69, 9.17) is 0 Å². The number of hydrogen-bond donors (Lipinski definition) is 0. The van der Waals surface area contributed by atoms with E-state index in [1.54, 1.807) is 31.9 Å². The van der Waals surface area contributed by atoms with E-state index in [-0.39, 0.29) is 10.5 Å². The highest BCUT2D eigenvalue weighted by Gasteiger charge is 2.30. The number of carbonyl (C=O) groups is 1. The van der Waals surface area contributed by atoms with Gasteiger partial charge in [-0.25, -0.2) is 9.78 Å². The number of rotatable bonds is 7. The molecule has 0 amide bonds. The van der Waals surface area contributed by atoms with Gasteiger partial charge >= 0.3 is 5.97 Å². The minimum Gasteiger partial charge on any atom is -0.465 e. The number of nitro groups is 1. The molecule has 0 unspecified atom stereocenters. The molecule has 0 radical (unpaired) electrons. The Morgan fingerprint density at radius 1 is 1.43 bits per heavy atom. The summed E-state index contributed by atoms with van der Waals surface area (Å²) in [5.74, 6) is -0.912. The van der Waals surface area contributed by atoms with Gasteiger partial charge in [-0.1, -0.05) is 0 Å². The van der Waals surface area contributed by atoms with Gasteiger partial charge < -0.3 is 14.2 Å². The van der Waals surface area contributed by atoms with E-state index in [0.29, 0.717) is 5.16 Å². The Morgan fingerprint density at radius 2 is 2.11 bits per heavy atom. The molecule has 0 aliphatic carbocycles. The normalized spacial score (nSPS) is 11.6. The van der Waals surface area contributed by atoms with Crippen molar-refractivity contribution in [2.45, 2.75) is 14.9 Å². The molecule has 1 heterocycles. The topological polar surface area (TPSA) is 137 Å². The Labute approximate surface area is 165 Å². The molecule has 0 saturated carbocycles. The average Bonchev–Trinajstić information content (AvgIpc) is 3.03. The molecule has 11 nitrogen and oxygen atoms in total. The Balaban J connectivity index is 2.80. The van der Waals surface area contributed by atoms with Gasteiger partial charge in [0.1, 0.15) is 16.1 Å². The third-order valence-corrected chi connectivity index (χ3v) is 5.91. The molecule has 0 bridgehead atoms. The molecule has 0 saturated heterocycles. The van der Waals surface area contributed by atoms with Gasteiger partial charge in [0.2, 0.25) is 0 Å². The number of nitro benzene ring substituents is 1. The lowest BCUT2D eigenvalue weighted by atomic mass is 10.2. The molecule has 0 fully saturated rings. The first-order valence-electron chi connectivity index (χ1n) is 7.59. The Hall–Kier alpha value is -2.93. The number of hydrogen-bond acceptors (Lipinski definition) is 8. The maximum absolute atomic E-state index is 12.8. The van der Waals surface area contributed by atoms with Crippen LogP contribution in [0, 0.1) is 10.1 Å². The van der Waals surface area contributed by atoms with Gasteiger partial charge in [0.25, 0.3) is 15.7 Å². The monoisotopic (exact) mass is 427 g/mol. The lowest BCUT2D eigenvalue weighted by Crippen LogP contribution is -2.12. The first-order valence-corrected chi connectivity index (χ1v) is 9.85. The van der Waals surface area contributed by atoms with Crippen molar-refractivity contribution in [2.75, 3.05) is 21.2 Å². The van der Waals surface area contributed by atoms with Gasteiger partial charge in [-0.2, -0.15) is 8.42 Å². The molecule has 0 aliphatic rings. The van der Waals surface area contributed by atoms with Crippen LogP contribution >= 0.6 is 11.8 Å².